The number of hydrogen-bond acceptors (Lipinski definition) is 6. The van der Waals surface area contributed by atoms with E-state index < -0.39 is 0 Å². The summed E-state index contributed by atoms with van der Waals surface area (Å²) in [6.07, 6.45) is 3.12. The lowest BCUT2D eigenvalue weighted by atomic mass is 9.95. The van der Waals surface area contributed by atoms with Crippen molar-refractivity contribution in [1.82, 2.24) is 20.2 Å². The number of benzene rings is 2. The van der Waals surface area contributed by atoms with E-state index in [0.29, 0.717) is 5.69 Å². The number of H-pyrrole nitrogens is 1. The van der Waals surface area contributed by atoms with Crippen molar-refractivity contribution in [3.63, 3.8) is 0 Å². The summed E-state index contributed by atoms with van der Waals surface area (Å²) in [4.78, 5) is 35.1. The molecule has 0 aliphatic carbocycles. The molecule has 2 N–H and O–H groups in total. The fourth-order valence-electron chi connectivity index (χ4n) is 4.13. The third kappa shape index (κ3) is 4.85. The molecule has 0 unspecified atom stereocenters. The second-order valence-electron chi connectivity index (χ2n) is 8.26. The predicted octanol–water partition coefficient (Wildman–Crippen LogP) is 3.75. The molecule has 0 atom stereocenters. The lowest BCUT2D eigenvalue weighted by Gasteiger charge is -2.32. The Morgan fingerprint density at radius 2 is 1.62 bits per heavy atom. The molecule has 34 heavy (non-hydrogen) atoms. The van der Waals surface area contributed by atoms with Crippen LogP contribution in [0.3, 0.4) is 0 Å². The largest absolute Gasteiger partial charge is 0.356 e. The quantitative estimate of drug-likeness (QED) is 0.478. The van der Waals surface area contributed by atoms with E-state index in [0.717, 1.165) is 54.3 Å². The number of hydrogen-bond donors (Lipinski definition) is 2. The van der Waals surface area contributed by atoms with Crippen LogP contribution in [0.25, 0.3) is 22.5 Å². The molecule has 1 aliphatic heterocycles. The summed E-state index contributed by atoms with van der Waals surface area (Å²) in [5.41, 5.74) is 3.99. The van der Waals surface area contributed by atoms with Gasteiger partial charge in [-0.3, -0.25) is 9.59 Å². The zero-order valence-electron chi connectivity index (χ0n) is 18.5. The molecule has 4 aromatic rings. The van der Waals surface area contributed by atoms with E-state index in [1.807, 2.05) is 60.7 Å². The van der Waals surface area contributed by atoms with Gasteiger partial charge in [0.1, 0.15) is 12.1 Å². The van der Waals surface area contributed by atoms with Gasteiger partial charge in [-0.25, -0.2) is 15.1 Å². The van der Waals surface area contributed by atoms with E-state index in [1.165, 1.54) is 6.07 Å². The van der Waals surface area contributed by atoms with Crippen molar-refractivity contribution in [3.8, 4) is 22.5 Å². The summed E-state index contributed by atoms with van der Waals surface area (Å²) in [6.45, 7) is 1.53. The van der Waals surface area contributed by atoms with Crippen LogP contribution in [0, 0.1) is 5.92 Å². The Morgan fingerprint density at radius 3 is 2.32 bits per heavy atom. The summed E-state index contributed by atoms with van der Waals surface area (Å²) < 4.78 is 0. The summed E-state index contributed by atoms with van der Waals surface area (Å²) in [5, 5.41) is 9.48. The molecule has 1 saturated heterocycles. The van der Waals surface area contributed by atoms with E-state index in [4.69, 9.17) is 0 Å². The Morgan fingerprint density at radius 1 is 0.882 bits per heavy atom. The average Bonchev–Trinajstić information content (AvgIpc) is 2.90. The molecular formula is C26H24N6O2. The minimum atomic E-state index is -0.241. The van der Waals surface area contributed by atoms with Crippen LogP contribution in [0.2, 0.25) is 0 Å². The Labute approximate surface area is 196 Å². The van der Waals surface area contributed by atoms with Crippen LogP contribution in [0.4, 0.5) is 11.5 Å². The Balaban J connectivity index is 1.18. The second-order valence-corrected chi connectivity index (χ2v) is 8.26. The van der Waals surface area contributed by atoms with Crippen LogP contribution >= 0.6 is 0 Å². The highest BCUT2D eigenvalue weighted by atomic mass is 16.2. The first-order valence-electron chi connectivity index (χ1n) is 11.3. The highest BCUT2D eigenvalue weighted by molar-refractivity contribution is 5.93. The van der Waals surface area contributed by atoms with Gasteiger partial charge in [0, 0.05) is 48.0 Å². The molecule has 8 nitrogen and oxygen atoms in total. The normalized spacial score (nSPS) is 14.1. The molecule has 2 aromatic heterocycles. The van der Waals surface area contributed by atoms with Gasteiger partial charge in [0.15, 0.2) is 0 Å². The average molecular weight is 453 g/mol. The third-order valence-corrected chi connectivity index (χ3v) is 6.04. The monoisotopic (exact) mass is 452 g/mol. The van der Waals surface area contributed by atoms with Crippen molar-refractivity contribution >= 4 is 17.4 Å². The first-order valence-corrected chi connectivity index (χ1v) is 11.3. The number of amides is 1. The van der Waals surface area contributed by atoms with Crippen molar-refractivity contribution in [2.45, 2.75) is 12.8 Å². The van der Waals surface area contributed by atoms with Crippen molar-refractivity contribution in [2.24, 2.45) is 5.92 Å². The lowest BCUT2D eigenvalue weighted by Crippen LogP contribution is -2.38. The topological polar surface area (TPSA) is 104 Å². The predicted molar refractivity (Wildman–Crippen MR) is 131 cm³/mol. The number of rotatable bonds is 5. The van der Waals surface area contributed by atoms with E-state index in [-0.39, 0.29) is 17.4 Å². The van der Waals surface area contributed by atoms with Gasteiger partial charge in [0.2, 0.25) is 5.91 Å². The molecule has 0 spiro atoms. The minimum absolute atomic E-state index is 0.0298. The van der Waals surface area contributed by atoms with E-state index in [9.17, 15) is 9.59 Å². The molecular weight excluding hydrogens is 428 g/mol. The highest BCUT2D eigenvalue weighted by Gasteiger charge is 2.26. The van der Waals surface area contributed by atoms with Crippen LogP contribution in [-0.2, 0) is 4.79 Å². The molecule has 0 bridgehead atoms. The number of piperidine rings is 1. The molecule has 3 heterocycles. The smallest absolute Gasteiger partial charge is 0.264 e. The van der Waals surface area contributed by atoms with Gasteiger partial charge in [-0.1, -0.05) is 42.5 Å². The van der Waals surface area contributed by atoms with Gasteiger partial charge in [-0.2, -0.15) is 5.10 Å². The minimum Gasteiger partial charge on any atom is -0.356 e. The number of aromatic amines is 1. The highest BCUT2D eigenvalue weighted by Crippen LogP contribution is 2.26. The molecule has 8 heteroatoms. The van der Waals surface area contributed by atoms with Crippen molar-refractivity contribution in [3.05, 3.63) is 89.5 Å². The first-order chi connectivity index (χ1) is 16.7. The number of anilines is 2. The number of carbonyl (C=O) groups excluding carboxylic acids is 1. The molecule has 2 aromatic carbocycles. The number of carbonyl (C=O) groups is 1. The Kier molecular flexibility index (Phi) is 6.11. The zero-order valence-corrected chi connectivity index (χ0v) is 18.5. The number of aromatic nitrogens is 4. The molecule has 1 aliphatic rings. The van der Waals surface area contributed by atoms with Crippen LogP contribution in [0.1, 0.15) is 12.8 Å². The van der Waals surface area contributed by atoms with Crippen LogP contribution in [0.15, 0.2) is 83.9 Å². The summed E-state index contributed by atoms with van der Waals surface area (Å²) in [5.74, 6) is 0.869. The fourth-order valence-corrected chi connectivity index (χ4v) is 4.13. The van der Waals surface area contributed by atoms with Gasteiger partial charge in [0.05, 0.1) is 11.4 Å². The van der Waals surface area contributed by atoms with Gasteiger partial charge >= 0.3 is 0 Å². The van der Waals surface area contributed by atoms with Gasteiger partial charge < -0.3 is 10.2 Å². The molecule has 0 radical (unpaired) electrons. The Hall–Kier alpha value is -4.33. The van der Waals surface area contributed by atoms with Crippen LogP contribution in [-0.4, -0.2) is 39.2 Å². The van der Waals surface area contributed by atoms with E-state index >= 15 is 0 Å². The number of nitrogens with one attached hydrogen (secondary N) is 2. The standard InChI is InChI=1S/C26H24N6O2/c33-25-11-10-22(30-31-25)19-6-8-21(9-7-19)29-26(34)20-12-14-32(15-13-20)24-16-23(27-17-28-24)18-4-2-1-3-5-18/h1-11,16-17,20H,12-15H2,(H,29,34)(H,31,33). The van der Waals surface area contributed by atoms with Crippen molar-refractivity contribution in [2.75, 3.05) is 23.3 Å². The van der Waals surface area contributed by atoms with Gasteiger partial charge in [0.25, 0.3) is 5.56 Å². The zero-order chi connectivity index (χ0) is 23.3. The molecule has 1 amide bonds. The summed E-state index contributed by atoms with van der Waals surface area (Å²) in [7, 11) is 0. The van der Waals surface area contributed by atoms with Gasteiger partial charge in [-0.15, -0.1) is 0 Å². The summed E-state index contributed by atoms with van der Waals surface area (Å²) >= 11 is 0. The molecule has 170 valence electrons. The lowest BCUT2D eigenvalue weighted by molar-refractivity contribution is -0.120. The SMILES string of the molecule is O=C(Nc1ccc(-c2ccc(=O)[nH]n2)cc1)C1CCN(c2cc(-c3ccccc3)ncn2)CC1. The first kappa shape index (κ1) is 21.5. The molecule has 1 fully saturated rings. The fraction of sp³-hybridized carbons (Fsp3) is 0.192. The van der Waals surface area contributed by atoms with Crippen molar-refractivity contribution < 1.29 is 4.79 Å². The van der Waals surface area contributed by atoms with Gasteiger partial charge in [-0.05, 0) is 31.0 Å². The van der Waals surface area contributed by atoms with Crippen LogP contribution in [0.5, 0.6) is 0 Å². The maximum Gasteiger partial charge on any atom is 0.264 e. The van der Waals surface area contributed by atoms with E-state index in [1.54, 1.807) is 12.4 Å². The maximum absolute atomic E-state index is 12.8. The Bertz CT molecular complexity index is 1310. The van der Waals surface area contributed by atoms with Crippen LogP contribution < -0.4 is 15.8 Å². The number of nitrogens with zero attached hydrogens (tertiary/aromatic N) is 4. The second kappa shape index (κ2) is 9.66. The molecule has 5 rings (SSSR count). The molecule has 0 saturated carbocycles. The van der Waals surface area contributed by atoms with E-state index in [2.05, 4.69) is 30.4 Å². The summed E-state index contributed by atoms with van der Waals surface area (Å²) in [6, 6.07) is 22.6. The third-order valence-electron chi connectivity index (χ3n) is 6.04. The maximum atomic E-state index is 12.8. The van der Waals surface area contributed by atoms with Crippen molar-refractivity contribution in [1.29, 1.82) is 0 Å².